The summed E-state index contributed by atoms with van der Waals surface area (Å²) in [6.07, 6.45) is 4.32. The van der Waals surface area contributed by atoms with Crippen LogP contribution in [-0.2, 0) is 0 Å². The number of benzene rings is 1. The normalized spacial score (nSPS) is 19.2. The summed E-state index contributed by atoms with van der Waals surface area (Å²) in [5, 5.41) is 2.80. The zero-order valence-corrected chi connectivity index (χ0v) is 12.2. The van der Waals surface area contributed by atoms with E-state index in [1.54, 1.807) is 12.1 Å². The van der Waals surface area contributed by atoms with E-state index in [0.717, 1.165) is 25.8 Å². The van der Waals surface area contributed by atoms with Gasteiger partial charge in [0.25, 0.3) is 0 Å². The Morgan fingerprint density at radius 2 is 2.25 bits per heavy atom. The number of carbonyl (C=O) groups is 1. The molecule has 0 unspecified atom stereocenters. The Labute approximate surface area is 120 Å². The Morgan fingerprint density at radius 3 is 2.95 bits per heavy atom. The van der Waals surface area contributed by atoms with Crippen molar-refractivity contribution in [3.05, 3.63) is 30.1 Å². The molecule has 20 heavy (non-hydrogen) atoms. The van der Waals surface area contributed by atoms with Gasteiger partial charge in [0.1, 0.15) is 5.82 Å². The second-order valence-electron chi connectivity index (χ2n) is 5.91. The topological polar surface area (TPSA) is 32.3 Å². The van der Waals surface area contributed by atoms with E-state index in [4.69, 9.17) is 0 Å². The number of nitrogens with zero attached hydrogens (tertiary/aromatic N) is 1. The van der Waals surface area contributed by atoms with Crippen LogP contribution in [0.5, 0.6) is 0 Å². The highest BCUT2D eigenvalue weighted by atomic mass is 19.1. The molecule has 0 aliphatic carbocycles. The third kappa shape index (κ3) is 3.95. The van der Waals surface area contributed by atoms with Crippen LogP contribution < -0.4 is 5.32 Å². The van der Waals surface area contributed by atoms with Crippen molar-refractivity contribution in [3.8, 4) is 0 Å². The van der Waals surface area contributed by atoms with Gasteiger partial charge in [-0.25, -0.2) is 9.18 Å². The maximum atomic E-state index is 13.1. The van der Waals surface area contributed by atoms with Crippen molar-refractivity contribution in [2.45, 2.75) is 45.6 Å². The molecule has 2 rings (SSSR count). The number of likely N-dealkylation sites (tertiary alicyclic amines) is 1. The number of halogens is 1. The van der Waals surface area contributed by atoms with Crippen LogP contribution in [0.2, 0.25) is 0 Å². The molecule has 1 aliphatic heterocycles. The van der Waals surface area contributed by atoms with Crippen LogP contribution in [0.1, 0.15) is 39.5 Å². The average Bonchev–Trinajstić information content (AvgIpc) is 2.38. The van der Waals surface area contributed by atoms with Crippen LogP contribution in [0.4, 0.5) is 14.9 Å². The first-order valence-corrected chi connectivity index (χ1v) is 7.39. The van der Waals surface area contributed by atoms with Crippen molar-refractivity contribution in [2.24, 2.45) is 5.92 Å². The molecule has 1 aromatic rings. The number of carbonyl (C=O) groups excluding carboxylic acids is 1. The van der Waals surface area contributed by atoms with Crippen molar-refractivity contribution < 1.29 is 9.18 Å². The lowest BCUT2D eigenvalue weighted by atomic mass is 9.94. The predicted octanol–water partition coefficient (Wildman–Crippen LogP) is 4.26. The first-order valence-electron chi connectivity index (χ1n) is 7.39. The van der Waals surface area contributed by atoms with E-state index in [1.165, 1.54) is 18.6 Å². The molecule has 0 radical (unpaired) electrons. The molecule has 2 amide bonds. The molecule has 0 aromatic heterocycles. The Bertz CT molecular complexity index is 462. The lowest BCUT2D eigenvalue weighted by molar-refractivity contribution is 0.150. The van der Waals surface area contributed by atoms with Gasteiger partial charge in [0.2, 0.25) is 0 Å². The molecule has 1 heterocycles. The van der Waals surface area contributed by atoms with Crippen LogP contribution >= 0.6 is 0 Å². The number of rotatable bonds is 3. The molecule has 0 bridgehead atoms. The highest BCUT2D eigenvalue weighted by Gasteiger charge is 2.27. The minimum atomic E-state index is -0.333. The molecule has 1 aliphatic rings. The van der Waals surface area contributed by atoms with Gasteiger partial charge >= 0.3 is 6.03 Å². The molecule has 1 saturated heterocycles. The summed E-state index contributed by atoms with van der Waals surface area (Å²) in [6, 6.07) is 6.23. The van der Waals surface area contributed by atoms with Gasteiger partial charge in [0, 0.05) is 18.3 Å². The van der Waals surface area contributed by atoms with E-state index in [0.29, 0.717) is 17.6 Å². The first-order chi connectivity index (χ1) is 9.56. The molecule has 1 atom stereocenters. The van der Waals surface area contributed by atoms with Crippen molar-refractivity contribution in [3.63, 3.8) is 0 Å². The van der Waals surface area contributed by atoms with Crippen molar-refractivity contribution in [1.29, 1.82) is 0 Å². The van der Waals surface area contributed by atoms with Gasteiger partial charge in [-0.1, -0.05) is 19.9 Å². The lowest BCUT2D eigenvalue weighted by Crippen LogP contribution is -2.46. The van der Waals surface area contributed by atoms with E-state index in [-0.39, 0.29) is 11.8 Å². The summed E-state index contributed by atoms with van der Waals surface area (Å²) >= 11 is 0. The van der Waals surface area contributed by atoms with Gasteiger partial charge in [-0.15, -0.1) is 0 Å². The smallest absolute Gasteiger partial charge is 0.322 e. The Hall–Kier alpha value is -1.58. The number of anilines is 1. The number of hydrogen-bond acceptors (Lipinski definition) is 1. The fourth-order valence-electron chi connectivity index (χ4n) is 2.82. The molecule has 0 saturated carbocycles. The highest BCUT2D eigenvalue weighted by Crippen LogP contribution is 2.23. The SMILES string of the molecule is CC(C)C[C@H]1CCCCN1C(=O)Nc1cccc(F)c1. The van der Waals surface area contributed by atoms with Gasteiger partial charge in [0.15, 0.2) is 0 Å². The van der Waals surface area contributed by atoms with Gasteiger partial charge in [-0.2, -0.15) is 0 Å². The average molecular weight is 278 g/mol. The Morgan fingerprint density at radius 1 is 1.45 bits per heavy atom. The molecule has 1 fully saturated rings. The van der Waals surface area contributed by atoms with E-state index >= 15 is 0 Å². The van der Waals surface area contributed by atoms with E-state index in [2.05, 4.69) is 19.2 Å². The van der Waals surface area contributed by atoms with Gasteiger partial charge < -0.3 is 10.2 Å². The number of hydrogen-bond donors (Lipinski definition) is 1. The van der Waals surface area contributed by atoms with Gasteiger partial charge in [0.05, 0.1) is 0 Å². The largest absolute Gasteiger partial charge is 0.322 e. The fraction of sp³-hybridized carbons (Fsp3) is 0.562. The Kier molecular flexibility index (Phi) is 4.99. The minimum Gasteiger partial charge on any atom is -0.322 e. The monoisotopic (exact) mass is 278 g/mol. The molecule has 4 heteroatoms. The van der Waals surface area contributed by atoms with E-state index < -0.39 is 0 Å². The summed E-state index contributed by atoms with van der Waals surface area (Å²) < 4.78 is 13.1. The standard InChI is InChI=1S/C16H23FN2O/c1-12(2)10-15-8-3-4-9-19(15)16(20)18-14-7-5-6-13(17)11-14/h5-7,11-12,15H,3-4,8-10H2,1-2H3,(H,18,20)/t15-/m1/s1. The number of urea groups is 1. The molecule has 1 N–H and O–H groups in total. The van der Waals surface area contributed by atoms with E-state index in [1.807, 2.05) is 4.90 Å². The summed E-state index contributed by atoms with van der Waals surface area (Å²) in [7, 11) is 0. The van der Waals surface area contributed by atoms with Crippen LogP contribution in [0, 0.1) is 11.7 Å². The van der Waals surface area contributed by atoms with Crippen LogP contribution in [0.15, 0.2) is 24.3 Å². The zero-order valence-electron chi connectivity index (χ0n) is 12.2. The molecule has 1 aromatic carbocycles. The van der Waals surface area contributed by atoms with Crippen LogP contribution in [0.3, 0.4) is 0 Å². The quantitative estimate of drug-likeness (QED) is 0.880. The van der Waals surface area contributed by atoms with Crippen molar-refractivity contribution >= 4 is 11.7 Å². The number of piperidine rings is 1. The summed E-state index contributed by atoms with van der Waals surface area (Å²) in [4.78, 5) is 14.3. The van der Waals surface area contributed by atoms with E-state index in [9.17, 15) is 9.18 Å². The third-order valence-corrected chi connectivity index (χ3v) is 3.71. The highest BCUT2D eigenvalue weighted by molar-refractivity contribution is 5.89. The predicted molar refractivity (Wildman–Crippen MR) is 79.2 cm³/mol. The maximum Gasteiger partial charge on any atom is 0.322 e. The first kappa shape index (κ1) is 14.8. The molecular weight excluding hydrogens is 255 g/mol. The van der Waals surface area contributed by atoms with Gasteiger partial charge in [-0.05, 0) is 49.8 Å². The summed E-state index contributed by atoms with van der Waals surface area (Å²) in [5.41, 5.74) is 0.517. The molecule has 3 nitrogen and oxygen atoms in total. The number of amides is 2. The third-order valence-electron chi connectivity index (χ3n) is 3.71. The molecule has 0 spiro atoms. The van der Waals surface area contributed by atoms with Crippen LogP contribution in [-0.4, -0.2) is 23.5 Å². The Balaban J connectivity index is 2.02. The van der Waals surface area contributed by atoms with Crippen molar-refractivity contribution in [1.82, 2.24) is 4.90 Å². The van der Waals surface area contributed by atoms with Crippen molar-refractivity contribution in [2.75, 3.05) is 11.9 Å². The molecule has 110 valence electrons. The lowest BCUT2D eigenvalue weighted by Gasteiger charge is -2.36. The molecular formula is C16H23FN2O. The summed E-state index contributed by atoms with van der Waals surface area (Å²) in [6.45, 7) is 5.15. The summed E-state index contributed by atoms with van der Waals surface area (Å²) in [5.74, 6) is 0.239. The zero-order chi connectivity index (χ0) is 14.5. The second-order valence-corrected chi connectivity index (χ2v) is 5.91. The van der Waals surface area contributed by atoms with Gasteiger partial charge in [-0.3, -0.25) is 0 Å². The van der Waals surface area contributed by atoms with Crippen LogP contribution in [0.25, 0.3) is 0 Å². The second kappa shape index (κ2) is 6.73. The minimum absolute atomic E-state index is 0.110. The number of nitrogens with one attached hydrogen (secondary N) is 1. The maximum absolute atomic E-state index is 13.1. The fourth-order valence-corrected chi connectivity index (χ4v) is 2.82.